The summed E-state index contributed by atoms with van der Waals surface area (Å²) >= 11 is 0. The summed E-state index contributed by atoms with van der Waals surface area (Å²) in [6.45, 7) is 0.642. The van der Waals surface area contributed by atoms with Crippen molar-refractivity contribution in [2.75, 3.05) is 11.9 Å². The van der Waals surface area contributed by atoms with Crippen molar-refractivity contribution in [2.45, 2.75) is 37.0 Å². The second kappa shape index (κ2) is 8.66. The normalized spacial score (nSPS) is 14.7. The minimum atomic E-state index is -3.70. The number of nitrogens with one attached hydrogen (secondary N) is 2. The van der Waals surface area contributed by atoms with Crippen molar-refractivity contribution in [1.29, 1.82) is 0 Å². The van der Waals surface area contributed by atoms with Crippen LogP contribution in [0.1, 0.15) is 31.4 Å². The molecule has 2 aromatic carbocycles. The number of fused-ring (bicyclic) bond motifs is 1. The van der Waals surface area contributed by atoms with Gasteiger partial charge in [0.15, 0.2) is 5.58 Å². The molecule has 0 atom stereocenters. The van der Waals surface area contributed by atoms with Gasteiger partial charge in [-0.2, -0.15) is 0 Å². The number of para-hydroxylation sites is 1. The molecular weight excluding hydrogens is 404 g/mol. The highest BCUT2D eigenvalue weighted by atomic mass is 32.2. The van der Waals surface area contributed by atoms with E-state index in [9.17, 15) is 13.2 Å². The van der Waals surface area contributed by atoms with Crippen molar-refractivity contribution in [1.82, 2.24) is 9.88 Å². The highest BCUT2D eigenvalue weighted by Crippen LogP contribution is 2.19. The van der Waals surface area contributed by atoms with E-state index in [0.717, 1.165) is 24.6 Å². The third-order valence-electron chi connectivity index (χ3n) is 4.86. The van der Waals surface area contributed by atoms with Crippen LogP contribution in [0.4, 0.5) is 5.69 Å². The van der Waals surface area contributed by atoms with Crippen molar-refractivity contribution in [3.05, 3.63) is 54.2 Å². The number of nitrogens with zero attached hydrogens (tertiary/aromatic N) is 2. The van der Waals surface area contributed by atoms with Gasteiger partial charge < -0.3 is 9.84 Å². The fraction of sp³-hybridized carbons (Fsp3) is 0.286. The number of rotatable bonds is 5. The standard InChI is InChI=1S/C21H22N4O4S/c26-21(14-18-17-6-3-4-7-19(17)29-24-18)23-15-9-11-16(12-10-15)30(27,28)25-20-8-2-1-5-13-22-20/h3-4,6-7,9-12H,1-2,5,8,13-14H2,(H,22,25)(H,23,26). The quantitative estimate of drug-likeness (QED) is 0.650. The Morgan fingerprint density at radius 3 is 2.67 bits per heavy atom. The SMILES string of the molecule is O=C(Cc1noc2ccccc12)Nc1ccc(S(=O)(=O)NC2=NCCCCC2)cc1. The molecule has 2 heterocycles. The van der Waals surface area contributed by atoms with Gasteiger partial charge in [-0.3, -0.25) is 14.5 Å². The Morgan fingerprint density at radius 2 is 1.83 bits per heavy atom. The van der Waals surface area contributed by atoms with Gasteiger partial charge in [0.2, 0.25) is 5.91 Å². The Bertz CT molecular complexity index is 1180. The summed E-state index contributed by atoms with van der Waals surface area (Å²) in [4.78, 5) is 16.8. The van der Waals surface area contributed by atoms with Gasteiger partial charge >= 0.3 is 0 Å². The summed E-state index contributed by atoms with van der Waals surface area (Å²) in [5.41, 5.74) is 1.68. The largest absolute Gasteiger partial charge is 0.356 e. The Kier molecular flexibility index (Phi) is 5.80. The smallest absolute Gasteiger partial charge is 0.262 e. The third-order valence-corrected chi connectivity index (χ3v) is 6.25. The van der Waals surface area contributed by atoms with Crippen molar-refractivity contribution in [3.8, 4) is 0 Å². The van der Waals surface area contributed by atoms with Gasteiger partial charge in [-0.25, -0.2) is 8.42 Å². The molecule has 1 aliphatic heterocycles. The number of amidine groups is 1. The van der Waals surface area contributed by atoms with E-state index in [1.54, 1.807) is 18.2 Å². The van der Waals surface area contributed by atoms with Crippen LogP contribution < -0.4 is 10.0 Å². The van der Waals surface area contributed by atoms with E-state index in [0.29, 0.717) is 35.8 Å². The highest BCUT2D eigenvalue weighted by molar-refractivity contribution is 7.90. The van der Waals surface area contributed by atoms with Gasteiger partial charge in [0.1, 0.15) is 11.5 Å². The summed E-state index contributed by atoms with van der Waals surface area (Å²) in [5, 5.41) is 7.50. The number of hydrogen-bond acceptors (Lipinski definition) is 6. The molecule has 3 aromatic rings. The van der Waals surface area contributed by atoms with Gasteiger partial charge in [0, 0.05) is 24.0 Å². The topological polar surface area (TPSA) is 114 Å². The molecule has 1 aromatic heterocycles. The van der Waals surface area contributed by atoms with E-state index in [2.05, 4.69) is 20.2 Å². The summed E-state index contributed by atoms with van der Waals surface area (Å²) in [6, 6.07) is 13.4. The molecule has 0 aliphatic carbocycles. The first-order valence-electron chi connectivity index (χ1n) is 9.81. The van der Waals surface area contributed by atoms with Gasteiger partial charge in [0.25, 0.3) is 10.0 Å². The molecule has 0 radical (unpaired) electrons. The number of aliphatic imine (C=N–C) groups is 1. The van der Waals surface area contributed by atoms with Crippen LogP contribution in [0.15, 0.2) is 62.9 Å². The predicted molar refractivity (Wildman–Crippen MR) is 114 cm³/mol. The van der Waals surface area contributed by atoms with Gasteiger partial charge in [0.05, 0.1) is 11.3 Å². The Morgan fingerprint density at radius 1 is 1.03 bits per heavy atom. The Hall–Kier alpha value is -3.20. The maximum absolute atomic E-state index is 12.6. The van der Waals surface area contributed by atoms with Crippen molar-refractivity contribution in [3.63, 3.8) is 0 Å². The van der Waals surface area contributed by atoms with Gasteiger partial charge in [-0.05, 0) is 49.2 Å². The Labute approximate surface area is 174 Å². The van der Waals surface area contributed by atoms with Gasteiger partial charge in [-0.15, -0.1) is 0 Å². The summed E-state index contributed by atoms with van der Waals surface area (Å²) < 4.78 is 33.0. The predicted octanol–water partition coefficient (Wildman–Crippen LogP) is 3.26. The first-order chi connectivity index (χ1) is 14.5. The lowest BCUT2D eigenvalue weighted by Crippen LogP contribution is -2.30. The second-order valence-electron chi connectivity index (χ2n) is 7.12. The molecule has 0 fully saturated rings. The van der Waals surface area contributed by atoms with Crippen molar-refractivity contribution in [2.24, 2.45) is 4.99 Å². The van der Waals surface area contributed by atoms with Gasteiger partial charge in [-0.1, -0.05) is 23.7 Å². The molecule has 1 amide bonds. The van der Waals surface area contributed by atoms with Crippen LogP contribution in [-0.2, 0) is 21.2 Å². The van der Waals surface area contributed by atoms with Crippen LogP contribution in [0.25, 0.3) is 11.0 Å². The molecule has 30 heavy (non-hydrogen) atoms. The summed E-state index contributed by atoms with van der Waals surface area (Å²) in [5.74, 6) is 0.236. The average Bonchev–Trinajstić information content (AvgIpc) is 2.95. The number of anilines is 1. The summed E-state index contributed by atoms with van der Waals surface area (Å²) in [6.07, 6.45) is 3.63. The number of benzene rings is 2. The van der Waals surface area contributed by atoms with Crippen molar-refractivity contribution < 1.29 is 17.7 Å². The maximum atomic E-state index is 12.6. The number of carbonyl (C=O) groups excluding carboxylic acids is 1. The lowest BCUT2D eigenvalue weighted by molar-refractivity contribution is -0.115. The van der Waals surface area contributed by atoms with Crippen LogP contribution >= 0.6 is 0 Å². The fourth-order valence-corrected chi connectivity index (χ4v) is 4.40. The minimum Gasteiger partial charge on any atom is -0.356 e. The molecule has 0 saturated carbocycles. The number of carbonyl (C=O) groups is 1. The zero-order valence-electron chi connectivity index (χ0n) is 16.3. The molecule has 4 rings (SSSR count). The van der Waals surface area contributed by atoms with Crippen LogP contribution in [0.2, 0.25) is 0 Å². The third kappa shape index (κ3) is 4.68. The number of sulfonamides is 1. The van der Waals surface area contributed by atoms with E-state index >= 15 is 0 Å². The molecule has 8 nitrogen and oxygen atoms in total. The van der Waals surface area contributed by atoms with E-state index < -0.39 is 10.0 Å². The molecule has 0 bridgehead atoms. The molecule has 156 valence electrons. The second-order valence-corrected chi connectivity index (χ2v) is 8.80. The lowest BCUT2D eigenvalue weighted by atomic mass is 10.1. The molecule has 0 saturated heterocycles. The van der Waals surface area contributed by atoms with Crippen LogP contribution in [0.3, 0.4) is 0 Å². The fourth-order valence-electron chi connectivity index (χ4n) is 3.31. The van der Waals surface area contributed by atoms with Crippen LogP contribution in [0.5, 0.6) is 0 Å². The number of aromatic nitrogens is 1. The average molecular weight is 426 g/mol. The molecule has 0 spiro atoms. The zero-order chi connectivity index (χ0) is 21.0. The first-order valence-corrected chi connectivity index (χ1v) is 11.3. The minimum absolute atomic E-state index is 0.0540. The first kappa shape index (κ1) is 20.1. The molecular formula is C21H22N4O4S. The number of hydrogen-bond donors (Lipinski definition) is 2. The number of amides is 1. The lowest BCUT2D eigenvalue weighted by Gasteiger charge is -2.10. The van der Waals surface area contributed by atoms with Crippen molar-refractivity contribution >= 4 is 38.4 Å². The molecule has 9 heteroatoms. The monoisotopic (exact) mass is 426 g/mol. The van der Waals surface area contributed by atoms with E-state index in [1.807, 2.05) is 18.2 Å². The summed E-state index contributed by atoms with van der Waals surface area (Å²) in [7, 11) is -3.70. The van der Waals surface area contributed by atoms with Crippen LogP contribution in [-0.4, -0.2) is 31.9 Å². The highest BCUT2D eigenvalue weighted by Gasteiger charge is 2.18. The molecule has 1 aliphatic rings. The molecule has 2 N–H and O–H groups in total. The van der Waals surface area contributed by atoms with E-state index in [4.69, 9.17) is 4.52 Å². The zero-order valence-corrected chi connectivity index (χ0v) is 17.1. The van der Waals surface area contributed by atoms with Crippen LogP contribution in [0, 0.1) is 0 Å². The maximum Gasteiger partial charge on any atom is 0.262 e. The molecule has 0 unspecified atom stereocenters. The Balaban J connectivity index is 1.40. The van der Waals surface area contributed by atoms with E-state index in [1.165, 1.54) is 12.1 Å². The van der Waals surface area contributed by atoms with E-state index in [-0.39, 0.29) is 17.2 Å².